The molecule has 0 aromatic heterocycles. The molecule has 1 aromatic rings. The van der Waals surface area contributed by atoms with E-state index in [4.69, 9.17) is 4.74 Å². The van der Waals surface area contributed by atoms with Crippen LogP contribution in [0.2, 0.25) is 0 Å². The van der Waals surface area contributed by atoms with Gasteiger partial charge in [0.25, 0.3) is 0 Å². The fraction of sp³-hybridized carbons (Fsp3) is 0.571. The Morgan fingerprint density at radius 2 is 2.19 bits per heavy atom. The number of benzene rings is 1. The van der Waals surface area contributed by atoms with E-state index in [9.17, 15) is 0 Å². The Bertz CT molecular complexity index is 358. The first-order chi connectivity index (χ1) is 7.93. The molecular formula is C14H19NO. The number of fused-ring (bicyclic) bond motifs is 1. The quantitative estimate of drug-likeness (QED) is 0.832. The monoisotopic (exact) mass is 217 g/mol. The second kappa shape index (κ2) is 4.56. The highest BCUT2D eigenvalue weighted by atomic mass is 16.5. The topological polar surface area (TPSA) is 21.3 Å². The molecule has 2 nitrogen and oxygen atoms in total. The smallest absolute Gasteiger partial charge is 0.0538 e. The summed E-state index contributed by atoms with van der Waals surface area (Å²) in [7, 11) is 0. The van der Waals surface area contributed by atoms with E-state index < -0.39 is 0 Å². The van der Waals surface area contributed by atoms with Crippen LogP contribution in [0.25, 0.3) is 0 Å². The number of rotatable bonds is 4. The lowest BCUT2D eigenvalue weighted by molar-refractivity contribution is 0.0885. The first-order valence-corrected chi connectivity index (χ1v) is 6.30. The van der Waals surface area contributed by atoms with Gasteiger partial charge < -0.3 is 10.1 Å². The van der Waals surface area contributed by atoms with Gasteiger partial charge in [0.15, 0.2) is 0 Å². The Morgan fingerprint density at radius 1 is 1.25 bits per heavy atom. The minimum Gasteiger partial charge on any atom is -0.380 e. The first kappa shape index (κ1) is 10.3. The Labute approximate surface area is 97.0 Å². The third-order valence-corrected chi connectivity index (χ3v) is 3.80. The van der Waals surface area contributed by atoms with E-state index >= 15 is 0 Å². The van der Waals surface area contributed by atoms with Crippen molar-refractivity contribution in [3.63, 3.8) is 0 Å². The van der Waals surface area contributed by atoms with Gasteiger partial charge >= 0.3 is 0 Å². The van der Waals surface area contributed by atoms with Crippen LogP contribution in [0, 0.1) is 5.92 Å². The van der Waals surface area contributed by atoms with E-state index in [0.29, 0.717) is 5.92 Å². The Kier molecular flexibility index (Phi) is 2.94. The molecule has 2 unspecified atom stereocenters. The van der Waals surface area contributed by atoms with Crippen molar-refractivity contribution in [3.05, 3.63) is 35.4 Å². The van der Waals surface area contributed by atoms with Crippen LogP contribution in [0.1, 0.15) is 23.5 Å². The van der Waals surface area contributed by atoms with Gasteiger partial charge in [0.2, 0.25) is 0 Å². The summed E-state index contributed by atoms with van der Waals surface area (Å²) in [6.07, 6.45) is 2.49. The normalized spacial score (nSPS) is 27.5. The second-order valence-corrected chi connectivity index (χ2v) is 5.00. The summed E-state index contributed by atoms with van der Waals surface area (Å²) in [5.41, 5.74) is 3.02. The molecule has 1 N–H and O–H groups in total. The second-order valence-electron chi connectivity index (χ2n) is 5.00. The maximum absolute atomic E-state index is 5.84. The van der Waals surface area contributed by atoms with E-state index in [2.05, 4.69) is 29.6 Å². The summed E-state index contributed by atoms with van der Waals surface area (Å²) in [6, 6.07) is 8.72. The molecule has 1 aliphatic carbocycles. The average Bonchev–Trinajstić information content (AvgIpc) is 2.77. The number of ether oxygens (including phenoxy) is 1. The lowest BCUT2D eigenvalue weighted by Gasteiger charge is -2.30. The fourth-order valence-electron chi connectivity index (χ4n) is 2.75. The van der Waals surface area contributed by atoms with Crippen LogP contribution in [0.15, 0.2) is 24.3 Å². The summed E-state index contributed by atoms with van der Waals surface area (Å²) in [5, 5.41) is 3.37. The van der Waals surface area contributed by atoms with Crippen LogP contribution in [-0.2, 0) is 11.2 Å². The van der Waals surface area contributed by atoms with Crippen LogP contribution in [0.3, 0.4) is 0 Å². The highest BCUT2D eigenvalue weighted by molar-refractivity contribution is 5.39. The number of hydrogen-bond acceptors (Lipinski definition) is 2. The van der Waals surface area contributed by atoms with Gasteiger partial charge in [-0.1, -0.05) is 24.3 Å². The molecule has 0 radical (unpaired) electrons. The Morgan fingerprint density at radius 3 is 3.00 bits per heavy atom. The largest absolute Gasteiger partial charge is 0.380 e. The van der Waals surface area contributed by atoms with Crippen molar-refractivity contribution in [3.8, 4) is 0 Å². The zero-order valence-electron chi connectivity index (χ0n) is 9.61. The zero-order chi connectivity index (χ0) is 10.8. The predicted octanol–water partition coefficient (Wildman–Crippen LogP) is 1.95. The van der Waals surface area contributed by atoms with Gasteiger partial charge in [-0.05, 0) is 36.4 Å². The van der Waals surface area contributed by atoms with Crippen LogP contribution < -0.4 is 5.32 Å². The molecule has 3 rings (SSSR count). The molecule has 0 saturated carbocycles. The van der Waals surface area contributed by atoms with Gasteiger partial charge in [0.1, 0.15) is 0 Å². The first-order valence-electron chi connectivity index (χ1n) is 6.30. The molecule has 2 heteroatoms. The van der Waals surface area contributed by atoms with Crippen LogP contribution in [-0.4, -0.2) is 26.3 Å². The molecule has 1 aliphatic heterocycles. The highest BCUT2D eigenvalue weighted by Crippen LogP contribution is 2.34. The van der Waals surface area contributed by atoms with E-state index in [0.717, 1.165) is 25.7 Å². The minimum absolute atomic E-state index is 0.658. The van der Waals surface area contributed by atoms with Crippen molar-refractivity contribution < 1.29 is 4.74 Å². The lowest BCUT2D eigenvalue weighted by Crippen LogP contribution is -2.23. The highest BCUT2D eigenvalue weighted by Gasteiger charge is 2.25. The summed E-state index contributed by atoms with van der Waals surface area (Å²) < 4.78 is 5.84. The maximum Gasteiger partial charge on any atom is 0.0538 e. The summed E-state index contributed by atoms with van der Waals surface area (Å²) in [6.45, 7) is 4.15. The molecular weight excluding hydrogens is 198 g/mol. The van der Waals surface area contributed by atoms with Gasteiger partial charge in [-0.25, -0.2) is 0 Å². The summed E-state index contributed by atoms with van der Waals surface area (Å²) >= 11 is 0. The van der Waals surface area contributed by atoms with Crippen molar-refractivity contribution in [1.82, 2.24) is 5.32 Å². The molecule has 86 valence electrons. The molecule has 2 aliphatic rings. The third-order valence-electron chi connectivity index (χ3n) is 3.80. The fourth-order valence-corrected chi connectivity index (χ4v) is 2.75. The van der Waals surface area contributed by atoms with Crippen molar-refractivity contribution in [1.29, 1.82) is 0 Å². The SMILES string of the molecule is c1ccc2c(c1)CC2COCC1CCNC1. The summed E-state index contributed by atoms with van der Waals surface area (Å²) in [4.78, 5) is 0. The van der Waals surface area contributed by atoms with E-state index in [1.807, 2.05) is 0 Å². The third kappa shape index (κ3) is 2.00. The predicted molar refractivity (Wildman–Crippen MR) is 64.7 cm³/mol. The van der Waals surface area contributed by atoms with Gasteiger partial charge in [-0.3, -0.25) is 0 Å². The zero-order valence-corrected chi connectivity index (χ0v) is 9.61. The van der Waals surface area contributed by atoms with Crippen molar-refractivity contribution in [2.75, 3.05) is 26.3 Å². The molecule has 0 spiro atoms. The Hall–Kier alpha value is -0.860. The van der Waals surface area contributed by atoms with Gasteiger partial charge in [-0.2, -0.15) is 0 Å². The molecule has 1 heterocycles. The van der Waals surface area contributed by atoms with Gasteiger partial charge in [0, 0.05) is 12.5 Å². The average molecular weight is 217 g/mol. The van der Waals surface area contributed by atoms with Gasteiger partial charge in [-0.15, -0.1) is 0 Å². The van der Waals surface area contributed by atoms with E-state index in [-0.39, 0.29) is 0 Å². The molecule has 1 aromatic carbocycles. The van der Waals surface area contributed by atoms with E-state index in [1.165, 1.54) is 30.5 Å². The minimum atomic E-state index is 0.658. The molecule has 16 heavy (non-hydrogen) atoms. The number of nitrogens with one attached hydrogen (secondary N) is 1. The molecule has 0 amide bonds. The van der Waals surface area contributed by atoms with Gasteiger partial charge in [0.05, 0.1) is 13.2 Å². The van der Waals surface area contributed by atoms with Crippen LogP contribution in [0.4, 0.5) is 0 Å². The lowest BCUT2D eigenvalue weighted by atomic mass is 9.78. The van der Waals surface area contributed by atoms with Crippen molar-refractivity contribution in [2.24, 2.45) is 5.92 Å². The van der Waals surface area contributed by atoms with E-state index in [1.54, 1.807) is 0 Å². The van der Waals surface area contributed by atoms with Crippen molar-refractivity contribution in [2.45, 2.75) is 18.8 Å². The molecule has 2 atom stereocenters. The maximum atomic E-state index is 5.84. The van der Waals surface area contributed by atoms with Crippen LogP contribution >= 0.6 is 0 Å². The molecule has 0 bridgehead atoms. The van der Waals surface area contributed by atoms with Crippen LogP contribution in [0.5, 0.6) is 0 Å². The number of hydrogen-bond donors (Lipinski definition) is 1. The molecule has 1 saturated heterocycles. The Balaban J connectivity index is 1.44. The molecule has 1 fully saturated rings. The van der Waals surface area contributed by atoms with Crippen molar-refractivity contribution >= 4 is 0 Å². The standard InChI is InChI=1S/C14H19NO/c1-2-4-14-12(3-1)7-13(14)10-16-9-11-5-6-15-8-11/h1-4,11,13,15H,5-10H2. The summed E-state index contributed by atoms with van der Waals surface area (Å²) in [5.74, 6) is 1.40.